The number of Topliss-reactive ketones (excluding diaryl/α,β-unsaturated/α-hetero) is 1. The maximum atomic E-state index is 13.6. The molecule has 0 radical (unpaired) electrons. The summed E-state index contributed by atoms with van der Waals surface area (Å²) in [4.78, 5) is 22.8. The standard InChI is InChI=1S/C22H32FNO5/c23-18-8-5-6-9-19(18)24-14-15(25)11-12-17-16(20(26)13-21(17)27)7-3-1-2-4-10-22(28)29/h5-6,8-9,15-17,21,24-25,27H,1-4,7,10-14H2,(H,28,29)/t15?,16?,17-,21-/m1/s1. The number of halogens is 1. The van der Waals surface area contributed by atoms with Crippen LogP contribution in [0.4, 0.5) is 10.1 Å². The number of aliphatic carboxylic acids is 1. The molecule has 1 aromatic carbocycles. The summed E-state index contributed by atoms with van der Waals surface area (Å²) < 4.78 is 13.6. The van der Waals surface area contributed by atoms with Gasteiger partial charge in [0.25, 0.3) is 0 Å². The molecule has 0 spiro atoms. The van der Waals surface area contributed by atoms with Crippen molar-refractivity contribution >= 4 is 17.4 Å². The van der Waals surface area contributed by atoms with Crippen molar-refractivity contribution < 1.29 is 29.3 Å². The van der Waals surface area contributed by atoms with Crippen molar-refractivity contribution in [1.29, 1.82) is 0 Å². The fourth-order valence-electron chi connectivity index (χ4n) is 4.10. The van der Waals surface area contributed by atoms with Crippen molar-refractivity contribution in [2.75, 3.05) is 11.9 Å². The summed E-state index contributed by atoms with van der Waals surface area (Å²) in [5.41, 5.74) is 0.336. The number of carboxylic acid groups (broad SMARTS) is 1. The highest BCUT2D eigenvalue weighted by molar-refractivity contribution is 5.84. The molecule has 1 fully saturated rings. The molecular formula is C22H32FNO5. The van der Waals surface area contributed by atoms with Gasteiger partial charge in [-0.05, 0) is 43.7 Å². The van der Waals surface area contributed by atoms with Crippen LogP contribution >= 0.6 is 0 Å². The highest BCUT2D eigenvalue weighted by Gasteiger charge is 2.40. The van der Waals surface area contributed by atoms with Crippen LogP contribution in [0.2, 0.25) is 0 Å². The number of anilines is 1. The van der Waals surface area contributed by atoms with Crippen LogP contribution in [0.5, 0.6) is 0 Å². The molecule has 6 nitrogen and oxygen atoms in total. The van der Waals surface area contributed by atoms with E-state index in [1.165, 1.54) is 6.07 Å². The molecule has 162 valence electrons. The van der Waals surface area contributed by atoms with Crippen LogP contribution in [0, 0.1) is 17.7 Å². The number of hydrogen-bond donors (Lipinski definition) is 4. The van der Waals surface area contributed by atoms with Crippen LogP contribution in [-0.2, 0) is 9.59 Å². The number of para-hydroxylation sites is 1. The zero-order valence-corrected chi connectivity index (χ0v) is 16.7. The van der Waals surface area contributed by atoms with E-state index in [1.807, 2.05) is 0 Å². The first kappa shape index (κ1) is 23.3. The molecule has 4 atom stereocenters. The van der Waals surface area contributed by atoms with Gasteiger partial charge < -0.3 is 20.6 Å². The maximum Gasteiger partial charge on any atom is 0.303 e. The molecule has 0 aliphatic heterocycles. The Labute approximate surface area is 171 Å². The van der Waals surface area contributed by atoms with E-state index in [2.05, 4.69) is 5.32 Å². The first-order valence-electron chi connectivity index (χ1n) is 10.5. The van der Waals surface area contributed by atoms with Crippen molar-refractivity contribution in [2.24, 2.45) is 11.8 Å². The van der Waals surface area contributed by atoms with Crippen LogP contribution in [0.3, 0.4) is 0 Å². The van der Waals surface area contributed by atoms with E-state index >= 15 is 0 Å². The van der Waals surface area contributed by atoms with Gasteiger partial charge in [-0.3, -0.25) is 9.59 Å². The molecular weight excluding hydrogens is 377 g/mol. The molecule has 4 N–H and O–H groups in total. The molecule has 29 heavy (non-hydrogen) atoms. The number of hydrogen-bond acceptors (Lipinski definition) is 5. The average molecular weight is 409 g/mol. The van der Waals surface area contributed by atoms with Crippen LogP contribution < -0.4 is 5.32 Å². The minimum Gasteiger partial charge on any atom is -0.481 e. The number of benzene rings is 1. The minimum atomic E-state index is -0.790. The van der Waals surface area contributed by atoms with Gasteiger partial charge in [-0.2, -0.15) is 0 Å². The van der Waals surface area contributed by atoms with Gasteiger partial charge in [0.1, 0.15) is 11.6 Å². The van der Waals surface area contributed by atoms with E-state index in [0.717, 1.165) is 19.3 Å². The topological polar surface area (TPSA) is 107 Å². The van der Waals surface area contributed by atoms with Crippen molar-refractivity contribution in [3.05, 3.63) is 30.1 Å². The molecule has 0 heterocycles. The first-order valence-corrected chi connectivity index (χ1v) is 10.5. The molecule has 0 amide bonds. The van der Waals surface area contributed by atoms with Crippen LogP contribution in [-0.4, -0.2) is 45.8 Å². The highest BCUT2D eigenvalue weighted by atomic mass is 19.1. The van der Waals surface area contributed by atoms with E-state index < -0.39 is 18.2 Å². The van der Waals surface area contributed by atoms with Gasteiger partial charge in [0.15, 0.2) is 0 Å². The third kappa shape index (κ3) is 7.74. The highest BCUT2D eigenvalue weighted by Crippen LogP contribution is 2.36. The Morgan fingerprint density at radius 3 is 2.62 bits per heavy atom. The van der Waals surface area contributed by atoms with Gasteiger partial charge in [0.2, 0.25) is 0 Å². The molecule has 0 saturated heterocycles. The monoisotopic (exact) mass is 409 g/mol. The molecule has 7 heteroatoms. The van der Waals surface area contributed by atoms with Crippen LogP contribution in [0.25, 0.3) is 0 Å². The van der Waals surface area contributed by atoms with Crippen LogP contribution in [0.1, 0.15) is 57.8 Å². The molecule has 0 bridgehead atoms. The molecule has 1 saturated carbocycles. The summed E-state index contributed by atoms with van der Waals surface area (Å²) >= 11 is 0. The lowest BCUT2D eigenvalue weighted by Crippen LogP contribution is -2.25. The number of carboxylic acids is 1. The largest absolute Gasteiger partial charge is 0.481 e. The van der Waals surface area contributed by atoms with Crippen molar-refractivity contribution in [3.63, 3.8) is 0 Å². The number of aliphatic hydroxyl groups is 2. The van der Waals surface area contributed by atoms with Gasteiger partial charge in [0.05, 0.1) is 17.9 Å². The number of carbonyl (C=O) groups excluding carboxylic acids is 1. The number of nitrogens with one attached hydrogen (secondary N) is 1. The number of aliphatic hydroxyl groups excluding tert-OH is 2. The number of ketones is 1. The Morgan fingerprint density at radius 2 is 1.90 bits per heavy atom. The van der Waals surface area contributed by atoms with Crippen molar-refractivity contribution in [3.8, 4) is 0 Å². The Kier molecular flexibility index (Phi) is 9.54. The predicted molar refractivity (Wildman–Crippen MR) is 108 cm³/mol. The molecule has 1 aliphatic carbocycles. The second kappa shape index (κ2) is 11.9. The number of carbonyl (C=O) groups is 2. The molecule has 2 rings (SSSR count). The van der Waals surface area contributed by atoms with Gasteiger partial charge in [0, 0.05) is 25.3 Å². The second-order valence-corrected chi connectivity index (χ2v) is 7.95. The molecule has 0 aromatic heterocycles. The smallest absolute Gasteiger partial charge is 0.303 e. The maximum absolute atomic E-state index is 13.6. The van der Waals surface area contributed by atoms with E-state index in [0.29, 0.717) is 31.4 Å². The summed E-state index contributed by atoms with van der Waals surface area (Å²) in [7, 11) is 0. The van der Waals surface area contributed by atoms with Gasteiger partial charge in [-0.25, -0.2) is 4.39 Å². The summed E-state index contributed by atoms with van der Waals surface area (Å²) in [6.07, 6.45) is 3.77. The lowest BCUT2D eigenvalue weighted by atomic mass is 9.85. The van der Waals surface area contributed by atoms with E-state index in [4.69, 9.17) is 5.11 Å². The fourth-order valence-corrected chi connectivity index (χ4v) is 4.10. The minimum absolute atomic E-state index is 0.0759. The summed E-state index contributed by atoms with van der Waals surface area (Å²) in [5, 5.41) is 32.0. The summed E-state index contributed by atoms with van der Waals surface area (Å²) in [5.74, 6) is -1.45. The van der Waals surface area contributed by atoms with Gasteiger partial charge >= 0.3 is 5.97 Å². The first-order chi connectivity index (χ1) is 13.9. The zero-order chi connectivity index (χ0) is 21.2. The Bertz CT molecular complexity index is 668. The van der Waals surface area contributed by atoms with Crippen molar-refractivity contribution in [1.82, 2.24) is 0 Å². The van der Waals surface area contributed by atoms with E-state index in [9.17, 15) is 24.2 Å². The number of rotatable bonds is 13. The second-order valence-electron chi connectivity index (χ2n) is 7.95. The predicted octanol–water partition coefficient (Wildman–Crippen LogP) is 3.37. The Morgan fingerprint density at radius 1 is 1.17 bits per heavy atom. The van der Waals surface area contributed by atoms with Gasteiger partial charge in [-0.15, -0.1) is 0 Å². The molecule has 2 unspecified atom stereocenters. The molecule has 1 aromatic rings. The fraction of sp³-hybridized carbons (Fsp3) is 0.636. The Hall–Kier alpha value is -1.99. The third-order valence-electron chi connectivity index (χ3n) is 5.73. The van der Waals surface area contributed by atoms with Crippen molar-refractivity contribution in [2.45, 2.75) is 70.0 Å². The number of unbranched alkanes of at least 4 members (excludes halogenated alkanes) is 3. The van der Waals surface area contributed by atoms with E-state index in [1.54, 1.807) is 18.2 Å². The third-order valence-corrected chi connectivity index (χ3v) is 5.73. The van der Waals surface area contributed by atoms with Gasteiger partial charge in [-0.1, -0.05) is 31.4 Å². The zero-order valence-electron chi connectivity index (χ0n) is 16.7. The molecule has 1 aliphatic rings. The summed E-state index contributed by atoms with van der Waals surface area (Å²) in [6, 6.07) is 6.27. The summed E-state index contributed by atoms with van der Waals surface area (Å²) in [6.45, 7) is 0.200. The average Bonchev–Trinajstić information content (AvgIpc) is 2.94. The lowest BCUT2D eigenvalue weighted by molar-refractivity contribution is -0.137. The normalized spacial score (nSPS) is 22.6. The Balaban J connectivity index is 1.72. The van der Waals surface area contributed by atoms with Crippen LogP contribution in [0.15, 0.2) is 24.3 Å². The quantitative estimate of drug-likeness (QED) is 0.372. The van der Waals surface area contributed by atoms with E-state index in [-0.39, 0.29) is 42.8 Å². The SMILES string of the molecule is O=C(O)CCCCCCC1C(=O)C[C@@H](O)[C@@H]1CCC(O)CNc1ccccc1F. The lowest BCUT2D eigenvalue weighted by Gasteiger charge is -2.22.